The molecule has 0 unspecified atom stereocenters. The molecule has 18 heavy (non-hydrogen) atoms. The molecule has 5 nitrogen and oxygen atoms in total. The van der Waals surface area contributed by atoms with E-state index in [1.54, 1.807) is 4.68 Å². The number of nitrogens with zero attached hydrogens (tertiary/aromatic N) is 4. The highest BCUT2D eigenvalue weighted by atomic mass is 35.5. The first-order valence-electron chi connectivity index (χ1n) is 5.81. The van der Waals surface area contributed by atoms with Crippen molar-refractivity contribution in [3.8, 4) is 0 Å². The Balaban J connectivity index is 2.39. The van der Waals surface area contributed by atoms with E-state index in [1.807, 2.05) is 27.1 Å². The molecule has 1 N–H and O–H groups in total. The Morgan fingerprint density at radius 3 is 2.72 bits per heavy atom. The number of halogens is 1. The lowest BCUT2D eigenvalue weighted by molar-refractivity contribution is 0.746. The third kappa shape index (κ3) is 2.46. The maximum Gasteiger partial charge on any atom is 0.138 e. The minimum absolute atomic E-state index is 0.479. The van der Waals surface area contributed by atoms with Gasteiger partial charge in [0.25, 0.3) is 0 Å². The normalized spacial score (nSPS) is 10.7. The molecule has 6 heteroatoms. The molecule has 0 aliphatic heterocycles. The van der Waals surface area contributed by atoms with E-state index >= 15 is 0 Å². The predicted molar refractivity (Wildman–Crippen MR) is 72.4 cm³/mol. The quantitative estimate of drug-likeness (QED) is 0.867. The van der Waals surface area contributed by atoms with E-state index in [4.69, 9.17) is 11.6 Å². The van der Waals surface area contributed by atoms with Crippen molar-refractivity contribution in [1.29, 1.82) is 0 Å². The van der Waals surface area contributed by atoms with Crippen LogP contribution in [0.3, 0.4) is 0 Å². The zero-order valence-electron chi connectivity index (χ0n) is 11.0. The Morgan fingerprint density at radius 2 is 2.06 bits per heavy atom. The fourth-order valence-electron chi connectivity index (χ4n) is 1.74. The van der Waals surface area contributed by atoms with Crippen LogP contribution in [0.2, 0.25) is 5.15 Å². The summed E-state index contributed by atoms with van der Waals surface area (Å²) in [5.74, 6) is 1.38. The van der Waals surface area contributed by atoms with Crippen LogP contribution in [-0.2, 0) is 13.5 Å². The lowest BCUT2D eigenvalue weighted by atomic mass is 10.3. The monoisotopic (exact) mass is 265 g/mol. The van der Waals surface area contributed by atoms with E-state index in [9.17, 15) is 0 Å². The molecule has 0 bridgehead atoms. The maximum atomic E-state index is 6.05. The second kappa shape index (κ2) is 4.94. The smallest absolute Gasteiger partial charge is 0.138 e. The second-order valence-electron chi connectivity index (χ2n) is 4.18. The van der Waals surface area contributed by atoms with Gasteiger partial charge in [0.2, 0.25) is 0 Å². The van der Waals surface area contributed by atoms with Gasteiger partial charge in [-0.05, 0) is 20.3 Å². The molecule has 0 saturated carbocycles. The van der Waals surface area contributed by atoms with Gasteiger partial charge in [-0.3, -0.25) is 4.68 Å². The summed E-state index contributed by atoms with van der Waals surface area (Å²) in [6.45, 7) is 5.78. The van der Waals surface area contributed by atoms with Gasteiger partial charge >= 0.3 is 0 Å². The predicted octanol–water partition coefficient (Wildman–Crippen LogP) is 2.79. The molecule has 0 fully saturated rings. The lowest BCUT2D eigenvalue weighted by Crippen LogP contribution is -2.02. The van der Waals surface area contributed by atoms with Crippen LogP contribution in [-0.4, -0.2) is 19.7 Å². The molecule has 2 rings (SSSR count). The van der Waals surface area contributed by atoms with E-state index in [1.165, 1.54) is 0 Å². The molecular weight excluding hydrogens is 250 g/mol. The van der Waals surface area contributed by atoms with Crippen molar-refractivity contribution in [3.05, 3.63) is 28.4 Å². The van der Waals surface area contributed by atoms with Crippen LogP contribution >= 0.6 is 11.6 Å². The highest BCUT2D eigenvalue weighted by Gasteiger charge is 2.11. The van der Waals surface area contributed by atoms with Gasteiger partial charge in [-0.25, -0.2) is 9.97 Å². The number of hydrogen-bond donors (Lipinski definition) is 1. The molecule has 0 aliphatic carbocycles. The minimum Gasteiger partial charge on any atom is -0.337 e. The van der Waals surface area contributed by atoms with E-state index in [0.717, 1.165) is 29.2 Å². The van der Waals surface area contributed by atoms with Gasteiger partial charge in [0.15, 0.2) is 0 Å². The van der Waals surface area contributed by atoms with E-state index in [0.29, 0.717) is 11.0 Å². The first-order valence-corrected chi connectivity index (χ1v) is 6.19. The van der Waals surface area contributed by atoms with Crippen molar-refractivity contribution < 1.29 is 0 Å². The zero-order chi connectivity index (χ0) is 13.3. The summed E-state index contributed by atoms with van der Waals surface area (Å²) in [4.78, 5) is 8.49. The molecule has 0 aliphatic rings. The first kappa shape index (κ1) is 12.8. The van der Waals surface area contributed by atoms with Gasteiger partial charge in [0, 0.05) is 18.8 Å². The summed E-state index contributed by atoms with van der Waals surface area (Å²) < 4.78 is 1.78. The van der Waals surface area contributed by atoms with Crippen molar-refractivity contribution in [3.63, 3.8) is 0 Å². The zero-order valence-corrected chi connectivity index (χ0v) is 11.7. The summed E-state index contributed by atoms with van der Waals surface area (Å²) in [5.41, 5.74) is 2.80. The Labute approximate surface area is 111 Å². The Morgan fingerprint density at radius 1 is 1.33 bits per heavy atom. The van der Waals surface area contributed by atoms with Gasteiger partial charge < -0.3 is 5.32 Å². The molecule has 0 saturated heterocycles. The SMILES string of the molecule is CCc1nn(C)cc1Nc1nc(C)nc(Cl)c1C. The van der Waals surface area contributed by atoms with E-state index in [2.05, 4.69) is 27.3 Å². The summed E-state index contributed by atoms with van der Waals surface area (Å²) in [6.07, 6.45) is 2.80. The summed E-state index contributed by atoms with van der Waals surface area (Å²) in [5, 5.41) is 8.13. The van der Waals surface area contributed by atoms with E-state index in [-0.39, 0.29) is 0 Å². The topological polar surface area (TPSA) is 55.6 Å². The molecule has 2 aromatic heterocycles. The standard InChI is InChI=1S/C12H16ClN5/c1-5-9-10(6-18(4)17-9)16-12-7(2)11(13)14-8(3)15-12/h6H,5H2,1-4H3,(H,14,15,16). The number of rotatable bonds is 3. The first-order chi connectivity index (χ1) is 8.51. The molecule has 2 heterocycles. The number of hydrogen-bond acceptors (Lipinski definition) is 4. The van der Waals surface area contributed by atoms with Crippen molar-refractivity contribution >= 4 is 23.1 Å². The molecule has 2 aromatic rings. The van der Waals surface area contributed by atoms with Crippen LogP contribution in [0.15, 0.2) is 6.20 Å². The molecule has 0 spiro atoms. The maximum absolute atomic E-state index is 6.05. The summed E-state index contributed by atoms with van der Waals surface area (Å²) in [6, 6.07) is 0. The van der Waals surface area contributed by atoms with Gasteiger partial charge in [0.1, 0.15) is 16.8 Å². The Bertz CT molecular complexity index is 576. The molecular formula is C12H16ClN5. The van der Waals surface area contributed by atoms with E-state index < -0.39 is 0 Å². The molecule has 96 valence electrons. The van der Waals surface area contributed by atoms with Crippen LogP contribution in [0.5, 0.6) is 0 Å². The van der Waals surface area contributed by atoms with Gasteiger partial charge in [0.05, 0.1) is 11.4 Å². The molecule has 0 radical (unpaired) electrons. The lowest BCUT2D eigenvalue weighted by Gasteiger charge is -2.09. The van der Waals surface area contributed by atoms with Crippen molar-refractivity contribution in [2.45, 2.75) is 27.2 Å². The van der Waals surface area contributed by atoms with Gasteiger partial charge in [-0.15, -0.1) is 0 Å². The highest BCUT2D eigenvalue weighted by molar-refractivity contribution is 6.30. The van der Waals surface area contributed by atoms with Crippen molar-refractivity contribution in [2.75, 3.05) is 5.32 Å². The van der Waals surface area contributed by atoms with Crippen molar-refractivity contribution in [2.24, 2.45) is 7.05 Å². The Hall–Kier alpha value is -1.62. The minimum atomic E-state index is 0.479. The van der Waals surface area contributed by atoms with Crippen LogP contribution in [0, 0.1) is 13.8 Å². The van der Waals surface area contributed by atoms with Crippen LogP contribution in [0.1, 0.15) is 24.0 Å². The van der Waals surface area contributed by atoms with Gasteiger partial charge in [-0.2, -0.15) is 5.10 Å². The molecule has 0 amide bonds. The average Bonchev–Trinajstić information content (AvgIpc) is 2.65. The fourth-order valence-corrected chi connectivity index (χ4v) is 1.96. The largest absolute Gasteiger partial charge is 0.337 e. The van der Waals surface area contributed by atoms with Gasteiger partial charge in [-0.1, -0.05) is 18.5 Å². The summed E-state index contributed by atoms with van der Waals surface area (Å²) in [7, 11) is 1.90. The Kier molecular flexibility index (Phi) is 3.52. The highest BCUT2D eigenvalue weighted by Crippen LogP contribution is 2.25. The van der Waals surface area contributed by atoms with Crippen molar-refractivity contribution in [1.82, 2.24) is 19.7 Å². The number of anilines is 2. The number of nitrogens with one attached hydrogen (secondary N) is 1. The fraction of sp³-hybridized carbons (Fsp3) is 0.417. The van der Waals surface area contributed by atoms with Crippen LogP contribution in [0.25, 0.3) is 0 Å². The molecule has 0 aromatic carbocycles. The van der Waals surface area contributed by atoms with Crippen LogP contribution in [0.4, 0.5) is 11.5 Å². The summed E-state index contributed by atoms with van der Waals surface area (Å²) >= 11 is 6.05. The number of aromatic nitrogens is 4. The third-order valence-corrected chi connectivity index (χ3v) is 3.06. The molecule has 0 atom stereocenters. The third-order valence-electron chi connectivity index (χ3n) is 2.69. The van der Waals surface area contributed by atoms with Crippen LogP contribution < -0.4 is 5.32 Å². The average molecular weight is 266 g/mol. The second-order valence-corrected chi connectivity index (χ2v) is 4.53. The number of aryl methyl sites for hydroxylation is 3.